The molecule has 3 N–H and O–H groups in total. The smallest absolute Gasteiger partial charge is 0.305 e. The van der Waals surface area contributed by atoms with E-state index in [0.717, 1.165) is 22.9 Å². The summed E-state index contributed by atoms with van der Waals surface area (Å²) in [7, 11) is 0. The Hall–Kier alpha value is -4.66. The summed E-state index contributed by atoms with van der Waals surface area (Å²) >= 11 is 0. The van der Waals surface area contributed by atoms with Crippen molar-refractivity contribution in [2.75, 3.05) is 0 Å². The zero-order valence-corrected chi connectivity index (χ0v) is 18.1. The molecule has 2 heterocycles. The van der Waals surface area contributed by atoms with Gasteiger partial charge in [0.1, 0.15) is 22.8 Å². The number of carboxylic acid groups (broad SMARTS) is 1. The molecule has 0 aliphatic carbocycles. The number of carbonyl (C=O) groups is 2. The zero-order chi connectivity index (χ0) is 24.5. The molecule has 9 heteroatoms. The summed E-state index contributed by atoms with van der Waals surface area (Å²) in [5, 5.41) is 13.8. The minimum atomic E-state index is -1.23. The number of aromatic nitrogens is 3. The van der Waals surface area contributed by atoms with E-state index in [1.807, 2.05) is 30.3 Å². The van der Waals surface area contributed by atoms with Gasteiger partial charge in [0.2, 0.25) is 0 Å². The number of imidazole rings is 1. The summed E-state index contributed by atoms with van der Waals surface area (Å²) < 4.78 is 27.5. The topological polar surface area (TPSA) is 108 Å². The average molecular weight is 472 g/mol. The van der Waals surface area contributed by atoms with Gasteiger partial charge >= 0.3 is 5.97 Å². The third kappa shape index (κ3) is 4.56. The quantitative estimate of drug-likeness (QED) is 0.322. The van der Waals surface area contributed by atoms with Gasteiger partial charge in [-0.3, -0.25) is 14.6 Å². The predicted octanol–water partition coefficient (Wildman–Crippen LogP) is 5.00. The minimum absolute atomic E-state index is 0.00788. The summed E-state index contributed by atoms with van der Waals surface area (Å²) in [5.41, 5.74) is 1.71. The maximum absolute atomic E-state index is 13.7. The molecule has 1 atom stereocenters. The van der Waals surface area contributed by atoms with Crippen molar-refractivity contribution in [1.29, 1.82) is 0 Å². The number of fused-ring (bicyclic) bond motifs is 2. The van der Waals surface area contributed by atoms with Gasteiger partial charge in [-0.15, -0.1) is 0 Å². The van der Waals surface area contributed by atoms with Crippen LogP contribution in [0.5, 0.6) is 0 Å². The number of halogens is 2. The molecule has 174 valence electrons. The first kappa shape index (κ1) is 22.1. The molecule has 0 aliphatic rings. The molecule has 5 rings (SSSR count). The van der Waals surface area contributed by atoms with Gasteiger partial charge in [-0.1, -0.05) is 30.3 Å². The molecular formula is C26H18F2N4O3. The SMILES string of the molecule is O=C(O)CC(NC(=O)c1cccc2[nH]c(-c3cc4ccccc4cn3)nc12)c1cc(F)cc(F)c1. The fourth-order valence-corrected chi connectivity index (χ4v) is 3.99. The Morgan fingerprint density at radius 2 is 1.71 bits per heavy atom. The number of carboxylic acids is 1. The minimum Gasteiger partial charge on any atom is -0.481 e. The highest BCUT2D eigenvalue weighted by Crippen LogP contribution is 2.26. The van der Waals surface area contributed by atoms with Crippen LogP contribution < -0.4 is 5.32 Å². The molecule has 7 nitrogen and oxygen atoms in total. The number of para-hydroxylation sites is 1. The van der Waals surface area contributed by atoms with Gasteiger partial charge in [-0.25, -0.2) is 13.8 Å². The highest BCUT2D eigenvalue weighted by atomic mass is 19.1. The van der Waals surface area contributed by atoms with Gasteiger partial charge in [-0.05, 0) is 41.3 Å². The molecule has 0 saturated carbocycles. The van der Waals surface area contributed by atoms with E-state index in [-0.39, 0.29) is 11.1 Å². The lowest BCUT2D eigenvalue weighted by Gasteiger charge is -2.18. The Morgan fingerprint density at radius 1 is 0.971 bits per heavy atom. The van der Waals surface area contributed by atoms with Gasteiger partial charge < -0.3 is 15.4 Å². The molecule has 0 bridgehead atoms. The number of nitrogens with zero attached hydrogens (tertiary/aromatic N) is 2. The van der Waals surface area contributed by atoms with Crippen LogP contribution in [0.2, 0.25) is 0 Å². The highest BCUT2D eigenvalue weighted by Gasteiger charge is 2.22. The third-order valence-electron chi connectivity index (χ3n) is 5.60. The van der Waals surface area contributed by atoms with Gasteiger partial charge in [-0.2, -0.15) is 0 Å². The lowest BCUT2D eigenvalue weighted by Crippen LogP contribution is -2.30. The van der Waals surface area contributed by atoms with Crippen LogP contribution >= 0.6 is 0 Å². The second kappa shape index (κ2) is 8.94. The van der Waals surface area contributed by atoms with E-state index in [4.69, 9.17) is 0 Å². The molecule has 2 aromatic heterocycles. The summed E-state index contributed by atoms with van der Waals surface area (Å²) in [6.07, 6.45) is 1.18. The van der Waals surface area contributed by atoms with Gasteiger partial charge in [0.25, 0.3) is 5.91 Å². The number of rotatable bonds is 6. The van der Waals surface area contributed by atoms with Crippen molar-refractivity contribution in [3.05, 3.63) is 95.7 Å². The molecule has 0 saturated heterocycles. The van der Waals surface area contributed by atoms with Crippen LogP contribution in [0.25, 0.3) is 33.3 Å². The number of H-pyrrole nitrogens is 1. The highest BCUT2D eigenvalue weighted by molar-refractivity contribution is 6.05. The van der Waals surface area contributed by atoms with Crippen molar-refractivity contribution in [1.82, 2.24) is 20.3 Å². The van der Waals surface area contributed by atoms with Crippen LogP contribution in [0.4, 0.5) is 8.78 Å². The Kier molecular flexibility index (Phi) is 5.66. The fourth-order valence-electron chi connectivity index (χ4n) is 3.99. The van der Waals surface area contributed by atoms with E-state index in [9.17, 15) is 23.5 Å². The third-order valence-corrected chi connectivity index (χ3v) is 5.60. The monoisotopic (exact) mass is 472 g/mol. The second-order valence-corrected chi connectivity index (χ2v) is 8.03. The van der Waals surface area contributed by atoms with Crippen LogP contribution in [-0.4, -0.2) is 31.9 Å². The first-order chi connectivity index (χ1) is 16.9. The summed E-state index contributed by atoms with van der Waals surface area (Å²) in [4.78, 5) is 36.7. The number of benzene rings is 3. The van der Waals surface area contributed by atoms with Gasteiger partial charge in [0.15, 0.2) is 5.82 Å². The van der Waals surface area contributed by atoms with Crippen molar-refractivity contribution in [2.45, 2.75) is 12.5 Å². The van der Waals surface area contributed by atoms with Crippen LogP contribution in [0, 0.1) is 11.6 Å². The number of amides is 1. The molecule has 3 aromatic carbocycles. The Morgan fingerprint density at radius 3 is 2.46 bits per heavy atom. The van der Waals surface area contributed by atoms with E-state index < -0.39 is 36.0 Å². The van der Waals surface area contributed by atoms with E-state index in [2.05, 4.69) is 20.3 Å². The Balaban J connectivity index is 1.50. The predicted molar refractivity (Wildman–Crippen MR) is 126 cm³/mol. The molecule has 0 spiro atoms. The largest absolute Gasteiger partial charge is 0.481 e. The van der Waals surface area contributed by atoms with Crippen LogP contribution in [0.3, 0.4) is 0 Å². The Bertz CT molecular complexity index is 1580. The van der Waals surface area contributed by atoms with Crippen molar-refractivity contribution in [2.24, 2.45) is 0 Å². The number of pyridine rings is 1. The first-order valence-corrected chi connectivity index (χ1v) is 10.7. The Labute approximate surface area is 197 Å². The van der Waals surface area contributed by atoms with Crippen molar-refractivity contribution < 1.29 is 23.5 Å². The van der Waals surface area contributed by atoms with E-state index in [1.54, 1.807) is 24.4 Å². The lowest BCUT2D eigenvalue weighted by atomic mass is 10.0. The molecular weight excluding hydrogens is 454 g/mol. The second-order valence-electron chi connectivity index (χ2n) is 8.03. The molecule has 1 amide bonds. The van der Waals surface area contributed by atoms with Gasteiger partial charge in [0.05, 0.1) is 23.5 Å². The molecule has 0 aliphatic heterocycles. The normalized spacial score (nSPS) is 12.1. The number of hydrogen-bond acceptors (Lipinski definition) is 4. The number of hydrogen-bond donors (Lipinski definition) is 3. The molecule has 1 unspecified atom stereocenters. The number of nitrogens with one attached hydrogen (secondary N) is 2. The summed E-state index contributed by atoms with van der Waals surface area (Å²) in [6.45, 7) is 0. The molecule has 0 radical (unpaired) electrons. The van der Waals surface area contributed by atoms with Gasteiger partial charge in [0, 0.05) is 17.6 Å². The lowest BCUT2D eigenvalue weighted by molar-refractivity contribution is -0.137. The maximum Gasteiger partial charge on any atom is 0.305 e. The van der Waals surface area contributed by atoms with Crippen LogP contribution in [0.1, 0.15) is 28.4 Å². The maximum atomic E-state index is 13.7. The average Bonchev–Trinajstić information content (AvgIpc) is 3.27. The van der Waals surface area contributed by atoms with Crippen molar-refractivity contribution in [3.63, 3.8) is 0 Å². The van der Waals surface area contributed by atoms with E-state index in [1.165, 1.54) is 0 Å². The van der Waals surface area contributed by atoms with Crippen molar-refractivity contribution >= 4 is 33.7 Å². The molecule has 0 fully saturated rings. The fraction of sp³-hybridized carbons (Fsp3) is 0.0769. The number of aromatic amines is 1. The number of aliphatic carboxylic acids is 1. The molecule has 5 aromatic rings. The molecule has 35 heavy (non-hydrogen) atoms. The van der Waals surface area contributed by atoms with Crippen LogP contribution in [0.15, 0.2) is 72.9 Å². The van der Waals surface area contributed by atoms with Crippen molar-refractivity contribution in [3.8, 4) is 11.5 Å². The summed E-state index contributed by atoms with van der Waals surface area (Å²) in [5.74, 6) is -3.14. The van der Waals surface area contributed by atoms with E-state index >= 15 is 0 Å². The summed E-state index contributed by atoms with van der Waals surface area (Å²) in [6, 6.07) is 16.1. The zero-order valence-electron chi connectivity index (χ0n) is 18.1. The number of carbonyl (C=O) groups excluding carboxylic acids is 1. The van der Waals surface area contributed by atoms with E-state index in [0.29, 0.717) is 28.6 Å². The first-order valence-electron chi connectivity index (χ1n) is 10.7. The van der Waals surface area contributed by atoms with Crippen LogP contribution in [-0.2, 0) is 4.79 Å². The standard InChI is InChI=1S/C26H18F2N4O3/c27-17-8-16(9-18(28)11-17)21(12-23(33)34)31-26(35)19-6-3-7-20-24(19)32-25(30-20)22-10-14-4-1-2-5-15(14)13-29-22/h1-11,13,21H,12H2,(H,30,32)(H,31,35)(H,33,34).